The number of nitrogens with zero attached hydrogens (tertiary/aromatic N) is 2. The number of anilines is 1. The maximum Gasteiger partial charge on any atom is 0.271 e. The number of thioether (sulfide) groups is 1. The number of amides is 1. The molecule has 1 amide bonds. The third kappa shape index (κ3) is 4.02. The van der Waals surface area contributed by atoms with E-state index in [1.54, 1.807) is 18.2 Å². The van der Waals surface area contributed by atoms with Crippen molar-refractivity contribution in [2.24, 2.45) is 0 Å². The number of halogens is 1. The van der Waals surface area contributed by atoms with Gasteiger partial charge >= 0.3 is 0 Å². The summed E-state index contributed by atoms with van der Waals surface area (Å²) in [6.45, 7) is 0. The van der Waals surface area contributed by atoms with Crippen molar-refractivity contribution in [1.82, 2.24) is 0 Å². The van der Waals surface area contributed by atoms with E-state index < -0.39 is 4.92 Å². The molecule has 1 aromatic heterocycles. The second kappa shape index (κ2) is 7.94. The highest BCUT2D eigenvalue weighted by Crippen LogP contribution is 2.37. The van der Waals surface area contributed by atoms with Crippen molar-refractivity contribution in [3.63, 3.8) is 0 Å². The van der Waals surface area contributed by atoms with Gasteiger partial charge in [-0.3, -0.25) is 19.8 Å². The van der Waals surface area contributed by atoms with Gasteiger partial charge in [-0.05, 0) is 30.3 Å². The minimum atomic E-state index is -0.510. The van der Waals surface area contributed by atoms with Crippen molar-refractivity contribution in [1.29, 1.82) is 0 Å². The van der Waals surface area contributed by atoms with E-state index >= 15 is 0 Å². The summed E-state index contributed by atoms with van der Waals surface area (Å²) in [5, 5.41) is 11.0. The van der Waals surface area contributed by atoms with Crippen molar-refractivity contribution in [3.05, 3.63) is 85.9 Å². The standard InChI is InChI=1S/C20H11BrN2O4S2/c21-13-6-4-12(5-7-13)17-9-8-16(27-17)11-18-19(24)22(20(28)29-18)14-2-1-3-15(10-14)23(25)26/h1-11H/b18-11-. The first kappa shape index (κ1) is 19.6. The molecule has 4 rings (SSSR count). The van der Waals surface area contributed by atoms with Crippen molar-refractivity contribution in [2.75, 3.05) is 4.90 Å². The van der Waals surface area contributed by atoms with E-state index in [1.165, 1.54) is 23.1 Å². The Bertz CT molecular complexity index is 1170. The molecule has 0 saturated carbocycles. The number of nitro benzene ring substituents is 1. The molecule has 2 aromatic carbocycles. The molecule has 144 valence electrons. The molecule has 0 spiro atoms. The van der Waals surface area contributed by atoms with Gasteiger partial charge in [0.25, 0.3) is 11.6 Å². The van der Waals surface area contributed by atoms with Crippen LogP contribution in [0.15, 0.2) is 74.5 Å². The normalized spacial score (nSPS) is 15.3. The Balaban J connectivity index is 1.60. The van der Waals surface area contributed by atoms with E-state index in [2.05, 4.69) is 15.9 Å². The summed E-state index contributed by atoms with van der Waals surface area (Å²) in [5.74, 6) is 0.850. The summed E-state index contributed by atoms with van der Waals surface area (Å²) >= 11 is 9.84. The second-order valence-corrected chi connectivity index (χ2v) is 8.59. The summed E-state index contributed by atoms with van der Waals surface area (Å²) in [6.07, 6.45) is 1.62. The summed E-state index contributed by atoms with van der Waals surface area (Å²) in [4.78, 5) is 25.0. The van der Waals surface area contributed by atoms with Gasteiger partial charge in [0.2, 0.25) is 0 Å². The molecule has 0 atom stereocenters. The summed E-state index contributed by atoms with van der Waals surface area (Å²) in [6, 6.07) is 17.1. The molecule has 9 heteroatoms. The highest BCUT2D eigenvalue weighted by molar-refractivity contribution is 9.10. The average Bonchev–Trinajstić information content (AvgIpc) is 3.27. The lowest BCUT2D eigenvalue weighted by Gasteiger charge is -2.13. The van der Waals surface area contributed by atoms with E-state index in [4.69, 9.17) is 16.6 Å². The van der Waals surface area contributed by atoms with Crippen molar-refractivity contribution in [2.45, 2.75) is 0 Å². The number of carbonyl (C=O) groups excluding carboxylic acids is 1. The number of non-ortho nitro benzene ring substituents is 1. The van der Waals surface area contributed by atoms with Crippen LogP contribution in [0.5, 0.6) is 0 Å². The number of thiocarbonyl (C=S) groups is 1. The molecule has 0 bridgehead atoms. The summed E-state index contributed by atoms with van der Waals surface area (Å²) in [7, 11) is 0. The van der Waals surface area contributed by atoms with Crippen molar-refractivity contribution < 1.29 is 14.1 Å². The maximum atomic E-state index is 12.8. The lowest BCUT2D eigenvalue weighted by Crippen LogP contribution is -2.27. The van der Waals surface area contributed by atoms with Gasteiger partial charge in [-0.2, -0.15) is 0 Å². The third-order valence-corrected chi connectivity index (χ3v) is 5.95. The van der Waals surface area contributed by atoms with Gasteiger partial charge < -0.3 is 4.42 Å². The highest BCUT2D eigenvalue weighted by atomic mass is 79.9. The zero-order valence-electron chi connectivity index (χ0n) is 14.6. The predicted octanol–water partition coefficient (Wildman–Crippen LogP) is 6.02. The van der Waals surface area contributed by atoms with Crippen LogP contribution >= 0.6 is 39.9 Å². The Morgan fingerprint density at radius 3 is 2.62 bits per heavy atom. The Morgan fingerprint density at radius 1 is 1.14 bits per heavy atom. The zero-order chi connectivity index (χ0) is 20.5. The van der Waals surface area contributed by atoms with E-state index in [1.807, 2.05) is 30.3 Å². The number of hydrogen-bond donors (Lipinski definition) is 0. The summed E-state index contributed by atoms with van der Waals surface area (Å²) < 4.78 is 7.12. The fourth-order valence-corrected chi connectivity index (χ4v) is 4.31. The third-order valence-electron chi connectivity index (χ3n) is 4.12. The molecule has 3 aromatic rings. The number of hydrogen-bond acceptors (Lipinski definition) is 6. The molecule has 29 heavy (non-hydrogen) atoms. The number of benzene rings is 2. The minimum Gasteiger partial charge on any atom is -0.457 e. The van der Waals surface area contributed by atoms with Gasteiger partial charge in [0, 0.05) is 28.2 Å². The SMILES string of the molecule is O=C1/C(=C/c2ccc(-c3ccc(Br)cc3)o2)SC(=S)N1c1cccc([N+](=O)[O-])c1. The van der Waals surface area contributed by atoms with Crippen LogP contribution in [0.2, 0.25) is 0 Å². The number of carbonyl (C=O) groups is 1. The zero-order valence-corrected chi connectivity index (χ0v) is 17.8. The largest absolute Gasteiger partial charge is 0.457 e. The van der Waals surface area contributed by atoms with Crippen LogP contribution in [-0.4, -0.2) is 15.2 Å². The van der Waals surface area contributed by atoms with Gasteiger partial charge in [0.1, 0.15) is 11.5 Å². The van der Waals surface area contributed by atoms with Crippen LogP contribution in [0.3, 0.4) is 0 Å². The monoisotopic (exact) mass is 486 g/mol. The fourth-order valence-electron chi connectivity index (χ4n) is 2.76. The minimum absolute atomic E-state index is 0.106. The topological polar surface area (TPSA) is 76.6 Å². The van der Waals surface area contributed by atoms with Crippen LogP contribution in [0.4, 0.5) is 11.4 Å². The predicted molar refractivity (Wildman–Crippen MR) is 121 cm³/mol. The molecule has 1 fully saturated rings. The lowest BCUT2D eigenvalue weighted by molar-refractivity contribution is -0.384. The molecule has 1 saturated heterocycles. The first-order valence-corrected chi connectivity index (χ1v) is 10.3. The molecule has 1 aliphatic rings. The van der Waals surface area contributed by atoms with Gasteiger partial charge in [-0.1, -0.05) is 58.1 Å². The Morgan fingerprint density at radius 2 is 1.90 bits per heavy atom. The smallest absolute Gasteiger partial charge is 0.271 e. The maximum absolute atomic E-state index is 12.8. The van der Waals surface area contributed by atoms with E-state index in [9.17, 15) is 14.9 Å². The highest BCUT2D eigenvalue weighted by Gasteiger charge is 2.34. The second-order valence-electron chi connectivity index (χ2n) is 6.00. The quantitative estimate of drug-likeness (QED) is 0.194. The van der Waals surface area contributed by atoms with E-state index in [0.717, 1.165) is 21.8 Å². The van der Waals surface area contributed by atoms with Gasteiger partial charge in [0.15, 0.2) is 4.32 Å². The van der Waals surface area contributed by atoms with Crippen molar-refractivity contribution >= 4 is 67.6 Å². The number of rotatable bonds is 4. The van der Waals surface area contributed by atoms with Crippen LogP contribution < -0.4 is 4.90 Å². The fraction of sp³-hybridized carbons (Fsp3) is 0. The molecular formula is C20H11BrN2O4S2. The number of furan rings is 1. The molecular weight excluding hydrogens is 476 g/mol. The van der Waals surface area contributed by atoms with E-state index in [0.29, 0.717) is 26.4 Å². The van der Waals surface area contributed by atoms with Crippen molar-refractivity contribution in [3.8, 4) is 11.3 Å². The van der Waals surface area contributed by atoms with E-state index in [-0.39, 0.29) is 11.6 Å². The Kier molecular flexibility index (Phi) is 5.35. The van der Waals surface area contributed by atoms with Crippen LogP contribution in [0.25, 0.3) is 17.4 Å². The van der Waals surface area contributed by atoms with Gasteiger partial charge in [-0.25, -0.2) is 0 Å². The lowest BCUT2D eigenvalue weighted by atomic mass is 10.2. The average molecular weight is 487 g/mol. The van der Waals surface area contributed by atoms with Crippen LogP contribution in [0.1, 0.15) is 5.76 Å². The van der Waals surface area contributed by atoms with Crippen LogP contribution in [0, 0.1) is 10.1 Å². The molecule has 2 heterocycles. The number of nitro groups is 1. The van der Waals surface area contributed by atoms with Gasteiger partial charge in [0.05, 0.1) is 15.5 Å². The first-order chi connectivity index (χ1) is 13.9. The summed E-state index contributed by atoms with van der Waals surface area (Å²) in [5.41, 5.74) is 1.17. The molecule has 0 unspecified atom stereocenters. The molecule has 0 radical (unpaired) electrons. The van der Waals surface area contributed by atoms with Crippen LogP contribution in [-0.2, 0) is 4.79 Å². The Labute approximate surface area is 183 Å². The molecule has 0 N–H and O–H groups in total. The first-order valence-electron chi connectivity index (χ1n) is 8.30. The molecule has 0 aliphatic carbocycles. The Hall–Kier alpha value is -2.75. The van der Waals surface area contributed by atoms with Gasteiger partial charge in [-0.15, -0.1) is 0 Å². The molecule has 1 aliphatic heterocycles. The molecule has 6 nitrogen and oxygen atoms in total.